The largest absolute Gasteiger partial charge is 0.382 e. The van der Waals surface area contributed by atoms with Crippen LogP contribution in [0.5, 0.6) is 0 Å². The Kier molecular flexibility index (Phi) is 6.44. The highest BCUT2D eigenvalue weighted by Crippen LogP contribution is 2.40. The molecule has 1 unspecified atom stereocenters. The molecule has 0 radical (unpaired) electrons. The molecule has 0 aliphatic heterocycles. The Hall–Kier alpha value is -3.07. The second-order valence-electron chi connectivity index (χ2n) is 10.4. The Morgan fingerprint density at radius 1 is 1.14 bits per heavy atom. The molecule has 0 spiro atoms. The third-order valence-electron chi connectivity index (χ3n) is 7.55. The van der Waals surface area contributed by atoms with Gasteiger partial charge in [0.25, 0.3) is 11.5 Å². The van der Waals surface area contributed by atoms with Crippen LogP contribution in [0.1, 0.15) is 62.9 Å². The van der Waals surface area contributed by atoms with Crippen molar-refractivity contribution in [1.29, 1.82) is 4.78 Å². The number of pyridine rings is 1. The molecule has 2 fully saturated rings. The van der Waals surface area contributed by atoms with Crippen molar-refractivity contribution in [2.24, 2.45) is 13.0 Å². The summed E-state index contributed by atoms with van der Waals surface area (Å²) in [5.41, 5.74) is 2.91. The van der Waals surface area contributed by atoms with E-state index in [2.05, 4.69) is 22.5 Å². The highest BCUT2D eigenvalue weighted by Gasteiger charge is 2.34. The quantitative estimate of drug-likeness (QED) is 0.364. The molecule has 0 saturated heterocycles. The first-order chi connectivity index (χ1) is 17.2. The van der Waals surface area contributed by atoms with E-state index in [0.29, 0.717) is 34.1 Å². The van der Waals surface area contributed by atoms with E-state index in [1.54, 1.807) is 19.3 Å². The van der Waals surface area contributed by atoms with Gasteiger partial charge in [-0.3, -0.25) is 9.59 Å². The van der Waals surface area contributed by atoms with E-state index in [0.717, 1.165) is 48.4 Å². The molecule has 1 atom stereocenters. The minimum atomic E-state index is -2.91. The molecular weight excluding hydrogens is 474 g/mol. The van der Waals surface area contributed by atoms with Crippen molar-refractivity contribution < 1.29 is 9.00 Å². The maximum atomic E-state index is 13.4. The second-order valence-corrected chi connectivity index (χ2v) is 12.7. The van der Waals surface area contributed by atoms with Gasteiger partial charge in [0, 0.05) is 58.2 Å². The minimum absolute atomic E-state index is 0.0965. The van der Waals surface area contributed by atoms with Crippen LogP contribution >= 0.6 is 0 Å². The van der Waals surface area contributed by atoms with Crippen molar-refractivity contribution in [2.75, 3.05) is 11.9 Å². The predicted octanol–water partition coefficient (Wildman–Crippen LogP) is 4.84. The van der Waals surface area contributed by atoms with Crippen molar-refractivity contribution in [3.05, 3.63) is 46.5 Å². The van der Waals surface area contributed by atoms with Crippen LogP contribution in [-0.4, -0.2) is 37.5 Å². The number of aryl methyl sites for hydroxylation is 1. The summed E-state index contributed by atoms with van der Waals surface area (Å²) in [5, 5.41) is 7.03. The monoisotopic (exact) mass is 509 g/mol. The normalized spacial score (nSPS) is 21.8. The van der Waals surface area contributed by atoms with E-state index in [4.69, 9.17) is 4.78 Å². The highest BCUT2D eigenvalue weighted by molar-refractivity contribution is 7.93. The Bertz CT molecular complexity index is 1480. The Morgan fingerprint density at radius 3 is 2.53 bits per heavy atom. The van der Waals surface area contributed by atoms with Crippen LogP contribution in [0.2, 0.25) is 0 Å². The summed E-state index contributed by atoms with van der Waals surface area (Å²) >= 11 is 0. The summed E-state index contributed by atoms with van der Waals surface area (Å²) in [7, 11) is -1.22. The number of nitrogens with one attached hydrogen (secondary N) is 4. The maximum absolute atomic E-state index is 13.4. The molecular formula is C27H35N5O3S. The molecule has 2 aromatic heterocycles. The average molecular weight is 510 g/mol. The number of carbonyl (C=O) groups is 1. The van der Waals surface area contributed by atoms with Gasteiger partial charge in [0.05, 0.1) is 9.73 Å². The fraction of sp³-hybridized carbons (Fsp3) is 0.481. The van der Waals surface area contributed by atoms with Crippen molar-refractivity contribution >= 4 is 32.2 Å². The zero-order valence-electron chi connectivity index (χ0n) is 21.1. The lowest BCUT2D eigenvalue weighted by molar-refractivity contribution is 0.0951. The van der Waals surface area contributed by atoms with Gasteiger partial charge >= 0.3 is 0 Å². The lowest BCUT2D eigenvalue weighted by Gasteiger charge is -2.29. The standard InChI is InChI=1S/C27H35N5O3S/c1-4-29-26(33)24-14-21-22(15-32(3)27(34)25(21)31-24)20-13-19(36(28,35)18-9-10-18)11-12-23(20)30-17-7-5-16(2)6-8-17/h11-18,28,30-31H,4-10H2,1-3H3,(H,29,33)/t16-,17-,36?. The van der Waals surface area contributed by atoms with Gasteiger partial charge < -0.3 is 20.2 Å². The highest BCUT2D eigenvalue weighted by atomic mass is 32.2. The van der Waals surface area contributed by atoms with Gasteiger partial charge in [0.1, 0.15) is 11.2 Å². The number of H-pyrrole nitrogens is 1. The molecule has 8 nitrogen and oxygen atoms in total. The van der Waals surface area contributed by atoms with E-state index < -0.39 is 9.73 Å². The number of aromatic nitrogens is 2. The number of anilines is 1. The van der Waals surface area contributed by atoms with Crippen molar-refractivity contribution in [3.8, 4) is 11.1 Å². The molecule has 2 aliphatic carbocycles. The third kappa shape index (κ3) is 4.56. The molecule has 2 saturated carbocycles. The van der Waals surface area contributed by atoms with Crippen LogP contribution in [0.3, 0.4) is 0 Å². The van der Waals surface area contributed by atoms with Gasteiger partial charge in [-0.1, -0.05) is 6.92 Å². The fourth-order valence-corrected chi connectivity index (χ4v) is 6.95. The number of aromatic amines is 1. The van der Waals surface area contributed by atoms with Gasteiger partial charge in [-0.2, -0.15) is 0 Å². The van der Waals surface area contributed by atoms with Gasteiger partial charge in [0.2, 0.25) is 0 Å². The van der Waals surface area contributed by atoms with Gasteiger partial charge in [-0.05, 0) is 75.6 Å². The van der Waals surface area contributed by atoms with Crippen LogP contribution in [-0.2, 0) is 16.8 Å². The zero-order chi connectivity index (χ0) is 25.6. The summed E-state index contributed by atoms with van der Waals surface area (Å²) in [5.74, 6) is 0.459. The SMILES string of the molecule is CCNC(=O)c1cc2c(-c3cc(S(=N)(=O)C4CC4)ccc3N[C@H]3CC[C@H](C)CC3)cn(C)c(=O)c2[nH]1. The van der Waals surface area contributed by atoms with Crippen LogP contribution in [0.25, 0.3) is 22.0 Å². The zero-order valence-corrected chi connectivity index (χ0v) is 22.0. The third-order valence-corrected chi connectivity index (χ3v) is 9.91. The fourth-order valence-electron chi connectivity index (χ4n) is 5.20. The molecule has 192 valence electrons. The summed E-state index contributed by atoms with van der Waals surface area (Å²) < 4.78 is 23.5. The number of amides is 1. The van der Waals surface area contributed by atoms with Gasteiger partial charge in [-0.15, -0.1) is 0 Å². The number of nitrogens with zero attached hydrogens (tertiary/aromatic N) is 1. The molecule has 9 heteroatoms. The summed E-state index contributed by atoms with van der Waals surface area (Å²) in [6.45, 7) is 4.62. The van der Waals surface area contributed by atoms with Gasteiger partial charge in [0.15, 0.2) is 0 Å². The molecule has 4 N–H and O–H groups in total. The van der Waals surface area contributed by atoms with E-state index in [9.17, 15) is 13.8 Å². The summed E-state index contributed by atoms with van der Waals surface area (Å²) in [6.07, 6.45) is 7.90. The maximum Gasteiger partial charge on any atom is 0.274 e. The summed E-state index contributed by atoms with van der Waals surface area (Å²) in [6, 6.07) is 7.66. The van der Waals surface area contributed by atoms with Crippen molar-refractivity contribution in [2.45, 2.75) is 68.6 Å². The number of hydrogen-bond acceptors (Lipinski definition) is 5. The van der Waals surface area contributed by atoms with E-state index in [1.807, 2.05) is 25.1 Å². The molecule has 0 bridgehead atoms. The van der Waals surface area contributed by atoms with Crippen LogP contribution in [0.15, 0.2) is 40.2 Å². The molecule has 2 aliphatic rings. The van der Waals surface area contributed by atoms with E-state index >= 15 is 0 Å². The van der Waals surface area contributed by atoms with Crippen molar-refractivity contribution in [3.63, 3.8) is 0 Å². The molecule has 2 heterocycles. The Labute approximate surface area is 211 Å². The number of fused-ring (bicyclic) bond motifs is 1. The minimum Gasteiger partial charge on any atom is -0.382 e. The molecule has 1 amide bonds. The van der Waals surface area contributed by atoms with E-state index in [-0.39, 0.29) is 16.7 Å². The molecule has 5 rings (SSSR count). The number of carbonyl (C=O) groups excluding carboxylic acids is 1. The number of rotatable bonds is 7. The van der Waals surface area contributed by atoms with Gasteiger partial charge in [-0.25, -0.2) is 8.99 Å². The molecule has 3 aromatic rings. The first-order valence-electron chi connectivity index (χ1n) is 12.9. The van der Waals surface area contributed by atoms with Crippen LogP contribution in [0.4, 0.5) is 5.69 Å². The second kappa shape index (κ2) is 9.42. The first-order valence-corrected chi connectivity index (χ1v) is 14.5. The van der Waals surface area contributed by atoms with Crippen LogP contribution in [0, 0.1) is 10.7 Å². The molecule has 36 heavy (non-hydrogen) atoms. The Morgan fingerprint density at radius 2 is 1.86 bits per heavy atom. The topological polar surface area (TPSA) is 120 Å². The predicted molar refractivity (Wildman–Crippen MR) is 144 cm³/mol. The first kappa shape index (κ1) is 24.6. The summed E-state index contributed by atoms with van der Waals surface area (Å²) in [4.78, 5) is 29.1. The lowest BCUT2D eigenvalue weighted by atomic mass is 9.87. The molecule has 1 aromatic carbocycles. The van der Waals surface area contributed by atoms with Crippen LogP contribution < -0.4 is 16.2 Å². The van der Waals surface area contributed by atoms with E-state index in [1.165, 1.54) is 17.4 Å². The number of hydrogen-bond donors (Lipinski definition) is 4. The Balaban J connectivity index is 1.67. The average Bonchev–Trinajstić information content (AvgIpc) is 3.63. The smallest absolute Gasteiger partial charge is 0.274 e. The lowest BCUT2D eigenvalue weighted by Crippen LogP contribution is -2.25. The number of benzene rings is 1. The van der Waals surface area contributed by atoms with Crippen molar-refractivity contribution in [1.82, 2.24) is 14.9 Å².